The largest absolute Gasteiger partial charge is 0.444 e. The molecule has 0 aliphatic heterocycles. The lowest BCUT2D eigenvalue weighted by Crippen LogP contribution is -2.53. The Balaban J connectivity index is 2.15. The molecule has 2 aromatic heterocycles. The molecule has 0 saturated heterocycles. The van der Waals surface area contributed by atoms with E-state index in [0.717, 1.165) is 0 Å². The van der Waals surface area contributed by atoms with Crippen LogP contribution in [0.15, 0.2) is 24.1 Å². The summed E-state index contributed by atoms with van der Waals surface area (Å²) < 4.78 is 5.30. The van der Waals surface area contributed by atoms with Crippen LogP contribution in [0.25, 0.3) is 0 Å². The molecule has 166 valence electrons. The van der Waals surface area contributed by atoms with Crippen molar-refractivity contribution in [1.82, 2.24) is 25.6 Å². The van der Waals surface area contributed by atoms with Crippen LogP contribution in [0.5, 0.6) is 0 Å². The molecule has 4 N–H and O–H groups in total. The normalized spacial score (nSPS) is 14.8. The number of imidazole rings is 1. The third-order valence-corrected chi connectivity index (χ3v) is 4.96. The standard InChI is InChI=1S/C20H31N5O4S/c1-12(2)8-14(16(26)18-22-6-7-30-18)24-17(27)15(9-13-10-21-11-23-13)25-19(28)29-20(3,4)5/h6-7,10-12,14-16,26H,8-9H2,1-5H3,(H,21,23)(H,24,27)(H,25,28)/t14-,15-,16+/m0/s1. The van der Waals surface area contributed by atoms with Gasteiger partial charge in [-0.1, -0.05) is 13.8 Å². The zero-order valence-corrected chi connectivity index (χ0v) is 18.8. The predicted molar refractivity (Wildman–Crippen MR) is 114 cm³/mol. The van der Waals surface area contributed by atoms with Crippen molar-refractivity contribution < 1.29 is 19.4 Å². The van der Waals surface area contributed by atoms with Crippen LogP contribution in [-0.2, 0) is 16.0 Å². The van der Waals surface area contributed by atoms with Gasteiger partial charge in [0.1, 0.15) is 22.8 Å². The number of hydrogen-bond donors (Lipinski definition) is 4. The van der Waals surface area contributed by atoms with Crippen molar-refractivity contribution in [3.8, 4) is 0 Å². The highest BCUT2D eigenvalue weighted by Crippen LogP contribution is 2.23. The number of nitrogens with one attached hydrogen (secondary N) is 3. The molecule has 0 fully saturated rings. The highest BCUT2D eigenvalue weighted by molar-refractivity contribution is 7.09. The number of rotatable bonds is 9. The maximum atomic E-state index is 13.1. The van der Waals surface area contributed by atoms with E-state index >= 15 is 0 Å². The number of carbonyl (C=O) groups is 2. The van der Waals surface area contributed by atoms with E-state index in [1.54, 1.807) is 38.5 Å². The minimum atomic E-state index is -0.941. The first kappa shape index (κ1) is 23.8. The van der Waals surface area contributed by atoms with Crippen molar-refractivity contribution in [1.29, 1.82) is 0 Å². The monoisotopic (exact) mass is 437 g/mol. The molecule has 0 unspecified atom stereocenters. The number of aliphatic hydroxyl groups is 1. The first-order chi connectivity index (χ1) is 14.0. The number of aromatic amines is 1. The van der Waals surface area contributed by atoms with Crippen LogP contribution in [-0.4, -0.2) is 49.7 Å². The van der Waals surface area contributed by atoms with Crippen molar-refractivity contribution in [2.75, 3.05) is 0 Å². The Morgan fingerprint density at radius 2 is 2.00 bits per heavy atom. The maximum Gasteiger partial charge on any atom is 0.408 e. The van der Waals surface area contributed by atoms with Gasteiger partial charge in [0.15, 0.2) is 0 Å². The topological polar surface area (TPSA) is 129 Å². The number of carbonyl (C=O) groups excluding carboxylic acids is 2. The van der Waals surface area contributed by atoms with Gasteiger partial charge in [-0.15, -0.1) is 11.3 Å². The Hall–Kier alpha value is -2.46. The first-order valence-electron chi connectivity index (χ1n) is 9.90. The van der Waals surface area contributed by atoms with Crippen LogP contribution in [0, 0.1) is 5.92 Å². The van der Waals surface area contributed by atoms with E-state index in [9.17, 15) is 14.7 Å². The number of ether oxygens (including phenoxy) is 1. The van der Waals surface area contributed by atoms with Gasteiger partial charge in [-0.05, 0) is 33.1 Å². The molecule has 0 bridgehead atoms. The Kier molecular flexibility index (Phi) is 8.36. The molecule has 0 radical (unpaired) electrons. The maximum absolute atomic E-state index is 13.1. The molecule has 0 spiro atoms. The summed E-state index contributed by atoms with van der Waals surface area (Å²) in [4.78, 5) is 36.5. The zero-order chi connectivity index (χ0) is 22.3. The zero-order valence-electron chi connectivity index (χ0n) is 18.0. The molecule has 2 amide bonds. The average molecular weight is 438 g/mol. The van der Waals surface area contributed by atoms with Gasteiger partial charge >= 0.3 is 6.09 Å². The third-order valence-electron chi connectivity index (χ3n) is 4.11. The van der Waals surface area contributed by atoms with E-state index in [0.29, 0.717) is 17.1 Å². The van der Waals surface area contributed by atoms with Crippen LogP contribution in [0.3, 0.4) is 0 Å². The number of alkyl carbamates (subject to hydrolysis) is 1. The van der Waals surface area contributed by atoms with Gasteiger partial charge in [-0.2, -0.15) is 0 Å². The van der Waals surface area contributed by atoms with E-state index in [-0.39, 0.29) is 12.3 Å². The molecule has 2 rings (SSSR count). The number of thiazole rings is 1. The van der Waals surface area contributed by atoms with E-state index in [1.807, 2.05) is 13.8 Å². The van der Waals surface area contributed by atoms with Gasteiger partial charge < -0.3 is 25.5 Å². The van der Waals surface area contributed by atoms with Crippen LogP contribution >= 0.6 is 11.3 Å². The highest BCUT2D eigenvalue weighted by Gasteiger charge is 2.30. The Morgan fingerprint density at radius 1 is 1.27 bits per heavy atom. The molecule has 10 heteroatoms. The molecule has 2 heterocycles. The van der Waals surface area contributed by atoms with E-state index < -0.39 is 35.8 Å². The van der Waals surface area contributed by atoms with Gasteiger partial charge in [0, 0.05) is 24.2 Å². The molecule has 2 aromatic rings. The Bertz CT molecular complexity index is 787. The second-order valence-corrected chi connectivity index (χ2v) is 9.45. The SMILES string of the molecule is CC(C)C[C@H](NC(=O)[C@H](Cc1c[nH]cn1)NC(=O)OC(C)(C)C)[C@@H](O)c1nccs1. The third kappa shape index (κ3) is 7.75. The summed E-state index contributed by atoms with van der Waals surface area (Å²) in [5, 5.41) is 18.6. The summed E-state index contributed by atoms with van der Waals surface area (Å²) in [6.45, 7) is 9.26. The fourth-order valence-corrected chi connectivity index (χ4v) is 3.57. The predicted octanol–water partition coefficient (Wildman–Crippen LogP) is 2.57. The number of aromatic nitrogens is 3. The fraction of sp³-hybridized carbons (Fsp3) is 0.600. The lowest BCUT2D eigenvalue weighted by Gasteiger charge is -2.28. The molecule has 9 nitrogen and oxygen atoms in total. The van der Waals surface area contributed by atoms with Crippen LogP contribution < -0.4 is 10.6 Å². The van der Waals surface area contributed by atoms with Crippen LogP contribution in [0.1, 0.15) is 57.8 Å². The molecule has 0 aliphatic carbocycles. The van der Waals surface area contributed by atoms with Crippen molar-refractivity contribution in [2.24, 2.45) is 5.92 Å². The van der Waals surface area contributed by atoms with Crippen molar-refractivity contribution in [3.63, 3.8) is 0 Å². The number of hydrogen-bond acceptors (Lipinski definition) is 7. The van der Waals surface area contributed by atoms with Gasteiger partial charge in [-0.3, -0.25) is 4.79 Å². The lowest BCUT2D eigenvalue weighted by molar-refractivity contribution is -0.125. The highest BCUT2D eigenvalue weighted by atomic mass is 32.1. The summed E-state index contributed by atoms with van der Waals surface area (Å²) in [5.41, 5.74) is -0.0781. The van der Waals surface area contributed by atoms with Crippen LogP contribution in [0.4, 0.5) is 4.79 Å². The van der Waals surface area contributed by atoms with E-state index in [2.05, 4.69) is 25.6 Å². The summed E-state index contributed by atoms with van der Waals surface area (Å²) in [6.07, 6.45) is 3.87. The first-order valence-corrected chi connectivity index (χ1v) is 10.8. The number of aliphatic hydroxyl groups excluding tert-OH is 1. The lowest BCUT2D eigenvalue weighted by atomic mass is 9.98. The summed E-state index contributed by atoms with van der Waals surface area (Å²) in [5.74, 6) is -0.196. The summed E-state index contributed by atoms with van der Waals surface area (Å²) >= 11 is 1.33. The summed E-state index contributed by atoms with van der Waals surface area (Å²) in [6, 6.07) is -1.47. The van der Waals surface area contributed by atoms with Crippen LogP contribution in [0.2, 0.25) is 0 Å². The van der Waals surface area contributed by atoms with Gasteiger partial charge in [-0.25, -0.2) is 14.8 Å². The molecular weight excluding hydrogens is 406 g/mol. The van der Waals surface area contributed by atoms with Gasteiger partial charge in [0.2, 0.25) is 5.91 Å². The minimum absolute atomic E-state index is 0.177. The molecule has 0 saturated carbocycles. The summed E-state index contributed by atoms with van der Waals surface area (Å²) in [7, 11) is 0. The number of nitrogens with zero attached hydrogens (tertiary/aromatic N) is 2. The smallest absolute Gasteiger partial charge is 0.408 e. The number of H-pyrrole nitrogens is 1. The molecule has 3 atom stereocenters. The van der Waals surface area contributed by atoms with Crippen molar-refractivity contribution in [3.05, 3.63) is 34.8 Å². The van der Waals surface area contributed by atoms with E-state index in [1.165, 1.54) is 17.7 Å². The second-order valence-electron chi connectivity index (χ2n) is 8.52. The second kappa shape index (κ2) is 10.5. The minimum Gasteiger partial charge on any atom is -0.444 e. The fourth-order valence-electron chi connectivity index (χ4n) is 2.88. The molecular formula is C20H31N5O4S. The van der Waals surface area contributed by atoms with Crippen molar-refractivity contribution in [2.45, 2.75) is 71.2 Å². The van der Waals surface area contributed by atoms with E-state index in [4.69, 9.17) is 4.74 Å². The van der Waals surface area contributed by atoms with Gasteiger partial charge in [0.05, 0.1) is 18.1 Å². The molecule has 0 aromatic carbocycles. The number of amides is 2. The quantitative estimate of drug-likeness (QED) is 0.477. The Morgan fingerprint density at radius 3 is 2.53 bits per heavy atom. The Labute approximate surface area is 180 Å². The average Bonchev–Trinajstić information content (AvgIpc) is 3.31. The van der Waals surface area contributed by atoms with Crippen molar-refractivity contribution >= 4 is 23.3 Å². The molecule has 30 heavy (non-hydrogen) atoms. The molecule has 0 aliphatic rings. The van der Waals surface area contributed by atoms with Gasteiger partial charge in [0.25, 0.3) is 0 Å².